The summed E-state index contributed by atoms with van der Waals surface area (Å²) < 4.78 is 5.62. The molecule has 0 aromatic carbocycles. The minimum absolute atomic E-state index is 0.548. The second kappa shape index (κ2) is 6.75. The lowest BCUT2D eigenvalue weighted by atomic mass is 9.88. The third kappa shape index (κ3) is 3.96. The van der Waals surface area contributed by atoms with Crippen molar-refractivity contribution in [3.63, 3.8) is 0 Å². The molecule has 0 heterocycles. The van der Waals surface area contributed by atoms with Crippen LogP contribution in [-0.4, -0.2) is 24.8 Å². The Hall–Kier alpha value is -0.0800. The molecule has 0 bridgehead atoms. The molecule has 2 aliphatic carbocycles. The van der Waals surface area contributed by atoms with Gasteiger partial charge in [-0.3, -0.25) is 0 Å². The summed E-state index contributed by atoms with van der Waals surface area (Å²) in [6.45, 7) is 5.31. The molecule has 2 nitrogen and oxygen atoms in total. The fourth-order valence-electron chi connectivity index (χ4n) is 3.36. The van der Waals surface area contributed by atoms with E-state index in [0.29, 0.717) is 6.10 Å². The summed E-state index contributed by atoms with van der Waals surface area (Å²) in [5.74, 6) is 0.999. The lowest BCUT2D eigenvalue weighted by Gasteiger charge is -2.38. The summed E-state index contributed by atoms with van der Waals surface area (Å²) in [5, 5.41) is 3.85. The molecule has 2 atom stereocenters. The number of hydrogen-bond donors (Lipinski definition) is 1. The van der Waals surface area contributed by atoms with Crippen LogP contribution in [0.25, 0.3) is 0 Å². The van der Waals surface area contributed by atoms with Crippen LogP contribution in [0.2, 0.25) is 0 Å². The maximum atomic E-state index is 5.62. The van der Waals surface area contributed by atoms with E-state index in [1.807, 2.05) is 0 Å². The van der Waals surface area contributed by atoms with Crippen molar-refractivity contribution in [1.29, 1.82) is 0 Å². The van der Waals surface area contributed by atoms with Gasteiger partial charge in [0.25, 0.3) is 0 Å². The van der Waals surface area contributed by atoms with Gasteiger partial charge in [-0.25, -0.2) is 0 Å². The van der Waals surface area contributed by atoms with Crippen LogP contribution in [-0.2, 0) is 4.74 Å². The summed E-state index contributed by atoms with van der Waals surface area (Å²) in [6, 6.07) is 1.54. The smallest absolute Gasteiger partial charge is 0.0604 e. The van der Waals surface area contributed by atoms with Crippen molar-refractivity contribution < 1.29 is 4.74 Å². The van der Waals surface area contributed by atoms with Gasteiger partial charge in [0.05, 0.1) is 6.10 Å². The van der Waals surface area contributed by atoms with E-state index in [1.54, 1.807) is 0 Å². The highest BCUT2D eigenvalue weighted by molar-refractivity contribution is 4.89. The van der Waals surface area contributed by atoms with Gasteiger partial charge < -0.3 is 10.1 Å². The van der Waals surface area contributed by atoms with Crippen LogP contribution in [0.15, 0.2) is 0 Å². The van der Waals surface area contributed by atoms with Crippen LogP contribution >= 0.6 is 0 Å². The lowest BCUT2D eigenvalue weighted by molar-refractivity contribution is -0.0128. The first-order chi connectivity index (χ1) is 8.31. The Balaban J connectivity index is 1.63. The molecule has 0 aromatic heterocycles. The molecule has 2 aliphatic rings. The highest BCUT2D eigenvalue weighted by Crippen LogP contribution is 2.28. The normalized spacial score (nSPS) is 38.5. The molecule has 17 heavy (non-hydrogen) atoms. The van der Waals surface area contributed by atoms with E-state index in [9.17, 15) is 0 Å². The molecule has 2 rings (SSSR count). The van der Waals surface area contributed by atoms with Gasteiger partial charge in [-0.05, 0) is 44.9 Å². The van der Waals surface area contributed by atoms with Gasteiger partial charge in [0.1, 0.15) is 0 Å². The van der Waals surface area contributed by atoms with E-state index in [2.05, 4.69) is 19.2 Å². The highest BCUT2D eigenvalue weighted by Gasteiger charge is 2.31. The predicted octanol–water partition coefficient (Wildman–Crippen LogP) is 3.50. The van der Waals surface area contributed by atoms with E-state index in [0.717, 1.165) is 24.6 Å². The summed E-state index contributed by atoms with van der Waals surface area (Å²) in [5.41, 5.74) is 0. The van der Waals surface area contributed by atoms with Gasteiger partial charge in [-0.15, -0.1) is 0 Å². The molecule has 2 saturated carbocycles. The van der Waals surface area contributed by atoms with Crippen LogP contribution in [0.5, 0.6) is 0 Å². The van der Waals surface area contributed by atoms with Gasteiger partial charge in [0, 0.05) is 18.7 Å². The molecule has 0 radical (unpaired) electrons. The number of nitrogens with one attached hydrogen (secondary N) is 1. The molecule has 1 N–H and O–H groups in total. The predicted molar refractivity (Wildman–Crippen MR) is 72.2 cm³/mol. The van der Waals surface area contributed by atoms with Crippen LogP contribution in [0, 0.1) is 5.92 Å². The quantitative estimate of drug-likeness (QED) is 0.741. The monoisotopic (exact) mass is 239 g/mol. The standard InChI is InChI=1S/C15H29NO/c1-3-12-6-5-7-13(9-8-12)16-14-10-15(11-14)17-4-2/h12-16H,3-11H2,1-2H3. The number of ether oxygens (including phenoxy) is 1. The zero-order chi connectivity index (χ0) is 12.1. The minimum atomic E-state index is 0.548. The first-order valence-electron chi connectivity index (χ1n) is 7.69. The maximum Gasteiger partial charge on any atom is 0.0604 e. The molecule has 0 saturated heterocycles. The lowest BCUT2D eigenvalue weighted by Crippen LogP contribution is -2.49. The Labute approximate surface area is 107 Å². The Kier molecular flexibility index (Phi) is 5.30. The van der Waals surface area contributed by atoms with Crippen LogP contribution in [0.3, 0.4) is 0 Å². The third-order valence-corrected chi connectivity index (χ3v) is 4.63. The Morgan fingerprint density at radius 3 is 2.53 bits per heavy atom. The average Bonchev–Trinajstić information content (AvgIpc) is 2.51. The van der Waals surface area contributed by atoms with E-state index >= 15 is 0 Å². The summed E-state index contributed by atoms with van der Waals surface area (Å²) in [7, 11) is 0. The Bertz CT molecular complexity index is 213. The summed E-state index contributed by atoms with van der Waals surface area (Å²) >= 11 is 0. The molecular formula is C15H29NO. The van der Waals surface area contributed by atoms with Crippen molar-refractivity contribution in [2.24, 2.45) is 5.92 Å². The summed E-state index contributed by atoms with van der Waals surface area (Å²) in [4.78, 5) is 0. The average molecular weight is 239 g/mol. The molecule has 2 heteroatoms. The molecule has 2 unspecified atom stereocenters. The van der Waals surface area contributed by atoms with Crippen LogP contribution in [0.4, 0.5) is 0 Å². The minimum Gasteiger partial charge on any atom is -0.378 e. The molecule has 0 amide bonds. The number of hydrogen-bond acceptors (Lipinski definition) is 2. The molecule has 0 spiro atoms. The van der Waals surface area contributed by atoms with Crippen LogP contribution in [0.1, 0.15) is 65.2 Å². The van der Waals surface area contributed by atoms with E-state index < -0.39 is 0 Å². The van der Waals surface area contributed by atoms with Crippen molar-refractivity contribution >= 4 is 0 Å². The molecule has 2 fully saturated rings. The fraction of sp³-hybridized carbons (Fsp3) is 1.00. The molecule has 0 aromatic rings. The Morgan fingerprint density at radius 2 is 1.82 bits per heavy atom. The highest BCUT2D eigenvalue weighted by atomic mass is 16.5. The molecule has 100 valence electrons. The molecule has 0 aliphatic heterocycles. The topological polar surface area (TPSA) is 21.3 Å². The van der Waals surface area contributed by atoms with Gasteiger partial charge >= 0.3 is 0 Å². The second-order valence-corrected chi connectivity index (χ2v) is 5.89. The van der Waals surface area contributed by atoms with E-state index in [4.69, 9.17) is 4.74 Å². The van der Waals surface area contributed by atoms with Crippen molar-refractivity contribution in [2.45, 2.75) is 83.4 Å². The number of rotatable bonds is 5. The maximum absolute atomic E-state index is 5.62. The van der Waals surface area contributed by atoms with Crippen molar-refractivity contribution in [1.82, 2.24) is 5.32 Å². The zero-order valence-corrected chi connectivity index (χ0v) is 11.6. The first-order valence-corrected chi connectivity index (χ1v) is 7.69. The Morgan fingerprint density at radius 1 is 1.00 bits per heavy atom. The summed E-state index contributed by atoms with van der Waals surface area (Å²) in [6.07, 6.45) is 11.5. The van der Waals surface area contributed by atoms with E-state index in [1.165, 1.54) is 51.4 Å². The van der Waals surface area contributed by atoms with Crippen LogP contribution < -0.4 is 5.32 Å². The van der Waals surface area contributed by atoms with Crippen molar-refractivity contribution in [3.05, 3.63) is 0 Å². The van der Waals surface area contributed by atoms with Crippen molar-refractivity contribution in [2.75, 3.05) is 6.61 Å². The first kappa shape index (κ1) is 13.4. The largest absolute Gasteiger partial charge is 0.378 e. The van der Waals surface area contributed by atoms with Gasteiger partial charge in [0.2, 0.25) is 0 Å². The third-order valence-electron chi connectivity index (χ3n) is 4.63. The zero-order valence-electron chi connectivity index (χ0n) is 11.6. The molecular weight excluding hydrogens is 210 g/mol. The van der Waals surface area contributed by atoms with Crippen molar-refractivity contribution in [3.8, 4) is 0 Å². The van der Waals surface area contributed by atoms with Gasteiger partial charge in [-0.2, -0.15) is 0 Å². The van der Waals surface area contributed by atoms with Gasteiger partial charge in [0.15, 0.2) is 0 Å². The van der Waals surface area contributed by atoms with Gasteiger partial charge in [-0.1, -0.05) is 26.2 Å². The fourth-order valence-corrected chi connectivity index (χ4v) is 3.36. The second-order valence-electron chi connectivity index (χ2n) is 5.89. The van der Waals surface area contributed by atoms with E-state index in [-0.39, 0.29) is 0 Å². The SMILES string of the molecule is CCOC1CC(NC2CCCC(CC)CC2)C1.